The number of halogens is 1. The van der Waals surface area contributed by atoms with Crippen LogP contribution in [0.25, 0.3) is 0 Å². The maximum Gasteiger partial charge on any atom is 0.227 e. The molecule has 1 unspecified atom stereocenters. The molecule has 1 aromatic rings. The number of nitrogens with one attached hydrogen (secondary N) is 1. The molecule has 1 atom stereocenters. The van der Waals surface area contributed by atoms with Crippen LogP contribution >= 0.6 is 12.4 Å². The van der Waals surface area contributed by atoms with Crippen LogP contribution in [0, 0.1) is 5.92 Å². The van der Waals surface area contributed by atoms with Gasteiger partial charge >= 0.3 is 0 Å². The van der Waals surface area contributed by atoms with Crippen LogP contribution in [0.1, 0.15) is 18.9 Å². The van der Waals surface area contributed by atoms with E-state index >= 15 is 0 Å². The van der Waals surface area contributed by atoms with Gasteiger partial charge in [-0.15, -0.1) is 12.4 Å². The first-order valence-electron chi connectivity index (χ1n) is 7.85. The normalized spacial score (nSPS) is 17.1. The Morgan fingerprint density at radius 1 is 1.35 bits per heavy atom. The van der Waals surface area contributed by atoms with Crippen molar-refractivity contribution in [2.75, 3.05) is 38.6 Å². The molecule has 6 heteroatoms. The minimum atomic E-state index is -0.236. The number of hydrogen-bond acceptors (Lipinski definition) is 3. The van der Waals surface area contributed by atoms with E-state index in [1.807, 2.05) is 31.3 Å². The third-order valence-electron chi connectivity index (χ3n) is 4.20. The average Bonchev–Trinajstić information content (AvgIpc) is 2.93. The third-order valence-corrected chi connectivity index (χ3v) is 4.20. The minimum Gasteiger partial charge on any atom is -0.344 e. The van der Waals surface area contributed by atoms with Crippen LogP contribution in [-0.4, -0.2) is 50.4 Å². The van der Waals surface area contributed by atoms with E-state index < -0.39 is 0 Å². The largest absolute Gasteiger partial charge is 0.344 e. The van der Waals surface area contributed by atoms with Gasteiger partial charge in [-0.05, 0) is 31.2 Å². The molecular weight excluding hydrogens is 314 g/mol. The zero-order valence-corrected chi connectivity index (χ0v) is 14.9. The van der Waals surface area contributed by atoms with Gasteiger partial charge in [0, 0.05) is 38.8 Å². The number of amides is 2. The molecule has 0 aliphatic carbocycles. The van der Waals surface area contributed by atoms with E-state index in [2.05, 4.69) is 12.2 Å². The summed E-state index contributed by atoms with van der Waals surface area (Å²) in [5.74, 6) is -0.152. The highest BCUT2D eigenvalue weighted by Gasteiger charge is 2.36. The monoisotopic (exact) mass is 339 g/mol. The van der Waals surface area contributed by atoms with Crippen molar-refractivity contribution >= 4 is 29.9 Å². The second-order valence-corrected chi connectivity index (χ2v) is 5.79. The Labute approximate surface area is 144 Å². The summed E-state index contributed by atoms with van der Waals surface area (Å²) in [6.07, 6.45) is 1.28. The van der Waals surface area contributed by atoms with Crippen LogP contribution in [-0.2, 0) is 16.0 Å². The predicted octanol–water partition coefficient (Wildman–Crippen LogP) is 1.70. The van der Waals surface area contributed by atoms with Crippen LogP contribution in [0.4, 0.5) is 5.69 Å². The van der Waals surface area contributed by atoms with Gasteiger partial charge in [0.05, 0.1) is 5.92 Å². The van der Waals surface area contributed by atoms with Crippen LogP contribution < -0.4 is 10.2 Å². The van der Waals surface area contributed by atoms with Crippen LogP contribution in [0.15, 0.2) is 24.3 Å². The highest BCUT2D eigenvalue weighted by molar-refractivity contribution is 6.00. The Balaban J connectivity index is 0.00000264. The van der Waals surface area contributed by atoms with Gasteiger partial charge < -0.3 is 15.1 Å². The molecule has 0 radical (unpaired) electrons. The fraction of sp³-hybridized carbons (Fsp3) is 0.529. The lowest BCUT2D eigenvalue weighted by Gasteiger charge is -2.21. The van der Waals surface area contributed by atoms with Crippen molar-refractivity contribution in [1.82, 2.24) is 10.2 Å². The maximum atomic E-state index is 12.4. The van der Waals surface area contributed by atoms with Gasteiger partial charge in [-0.2, -0.15) is 0 Å². The Hall–Kier alpha value is -1.59. The van der Waals surface area contributed by atoms with E-state index in [1.54, 1.807) is 16.8 Å². The van der Waals surface area contributed by atoms with Crippen LogP contribution in [0.2, 0.25) is 0 Å². The molecule has 2 rings (SSSR count). The quantitative estimate of drug-likeness (QED) is 0.858. The van der Waals surface area contributed by atoms with Gasteiger partial charge in [0.25, 0.3) is 0 Å². The number of carbonyl (C=O) groups is 2. The van der Waals surface area contributed by atoms with E-state index in [1.165, 1.54) is 5.56 Å². The molecular formula is C17H26ClN3O2. The second kappa shape index (κ2) is 8.89. The molecule has 1 aliphatic rings. The summed E-state index contributed by atoms with van der Waals surface area (Å²) in [5, 5.41) is 3.03. The number of nitrogens with zero attached hydrogens (tertiary/aromatic N) is 2. The first-order chi connectivity index (χ1) is 10.6. The fourth-order valence-electron chi connectivity index (χ4n) is 2.74. The molecule has 1 fully saturated rings. The molecule has 1 saturated heterocycles. The third kappa shape index (κ3) is 4.69. The number of rotatable bonds is 6. The lowest BCUT2D eigenvalue weighted by atomic mass is 10.1. The Morgan fingerprint density at radius 3 is 2.57 bits per heavy atom. The lowest BCUT2D eigenvalue weighted by Crippen LogP contribution is -2.38. The summed E-state index contributed by atoms with van der Waals surface area (Å²) in [7, 11) is 3.65. The predicted molar refractivity (Wildman–Crippen MR) is 95.1 cm³/mol. The summed E-state index contributed by atoms with van der Waals surface area (Å²) in [4.78, 5) is 28.1. The van der Waals surface area contributed by atoms with Crippen molar-refractivity contribution in [2.24, 2.45) is 5.92 Å². The molecule has 5 nitrogen and oxygen atoms in total. The van der Waals surface area contributed by atoms with Gasteiger partial charge in [0.15, 0.2) is 0 Å². The van der Waals surface area contributed by atoms with Crippen molar-refractivity contribution in [3.63, 3.8) is 0 Å². The highest BCUT2D eigenvalue weighted by atomic mass is 35.5. The molecule has 0 spiro atoms. The van der Waals surface area contributed by atoms with Crippen molar-refractivity contribution < 1.29 is 9.59 Å². The highest BCUT2D eigenvalue weighted by Crippen LogP contribution is 2.26. The van der Waals surface area contributed by atoms with E-state index in [9.17, 15) is 9.59 Å². The van der Waals surface area contributed by atoms with E-state index in [0.29, 0.717) is 19.5 Å². The summed E-state index contributed by atoms with van der Waals surface area (Å²) in [6, 6.07) is 8.01. The first-order valence-corrected chi connectivity index (χ1v) is 7.85. The molecule has 23 heavy (non-hydrogen) atoms. The number of carbonyl (C=O) groups excluding carboxylic acids is 2. The number of likely N-dealkylation sites (N-methyl/N-ethyl adjacent to an activating group) is 2. The number of benzene rings is 1. The van der Waals surface area contributed by atoms with Crippen molar-refractivity contribution in [3.05, 3.63) is 29.8 Å². The average molecular weight is 340 g/mol. The van der Waals surface area contributed by atoms with Gasteiger partial charge in [0.2, 0.25) is 11.8 Å². The number of hydrogen-bond donors (Lipinski definition) is 1. The van der Waals surface area contributed by atoms with Gasteiger partial charge in [-0.3, -0.25) is 9.59 Å². The topological polar surface area (TPSA) is 52.7 Å². The Kier molecular flexibility index (Phi) is 7.52. The molecule has 0 bridgehead atoms. The Morgan fingerprint density at radius 2 is 2.00 bits per heavy atom. The number of aryl methyl sites for hydroxylation is 1. The Bertz CT molecular complexity index is 533. The van der Waals surface area contributed by atoms with Crippen LogP contribution in [0.3, 0.4) is 0 Å². The smallest absolute Gasteiger partial charge is 0.227 e. The summed E-state index contributed by atoms with van der Waals surface area (Å²) >= 11 is 0. The van der Waals surface area contributed by atoms with E-state index in [-0.39, 0.29) is 30.1 Å². The minimum absolute atomic E-state index is 0. The van der Waals surface area contributed by atoms with Crippen molar-refractivity contribution in [3.8, 4) is 0 Å². The zero-order chi connectivity index (χ0) is 16.1. The standard InChI is InChI=1S/C17H25N3O2.ClH/c1-4-13-5-7-15(8-6-13)20-12-14(11-16(20)21)17(22)19(3)10-9-18-2;/h5-8,14,18H,4,9-12H2,1-3H3;1H. The lowest BCUT2D eigenvalue weighted by molar-refractivity contribution is -0.134. The van der Waals surface area contributed by atoms with Crippen molar-refractivity contribution in [2.45, 2.75) is 19.8 Å². The molecule has 1 aliphatic heterocycles. The SMILES string of the molecule is CCc1ccc(N2CC(C(=O)N(C)CCNC)CC2=O)cc1.Cl. The van der Waals surface area contributed by atoms with E-state index in [4.69, 9.17) is 0 Å². The van der Waals surface area contributed by atoms with Gasteiger partial charge in [-0.25, -0.2) is 0 Å². The first kappa shape index (κ1) is 19.5. The van der Waals surface area contributed by atoms with Gasteiger partial charge in [-0.1, -0.05) is 19.1 Å². The van der Waals surface area contributed by atoms with Gasteiger partial charge in [0.1, 0.15) is 0 Å². The molecule has 128 valence electrons. The molecule has 0 aromatic heterocycles. The summed E-state index contributed by atoms with van der Waals surface area (Å²) in [6.45, 7) is 4.00. The fourth-order valence-corrected chi connectivity index (χ4v) is 2.74. The summed E-state index contributed by atoms with van der Waals surface area (Å²) < 4.78 is 0. The molecule has 2 amide bonds. The summed E-state index contributed by atoms with van der Waals surface area (Å²) in [5.41, 5.74) is 2.13. The number of anilines is 1. The molecule has 1 N–H and O–H groups in total. The molecule has 0 saturated carbocycles. The van der Waals surface area contributed by atoms with Crippen molar-refractivity contribution in [1.29, 1.82) is 0 Å². The second-order valence-electron chi connectivity index (χ2n) is 5.79. The van der Waals surface area contributed by atoms with Crippen LogP contribution in [0.5, 0.6) is 0 Å². The maximum absolute atomic E-state index is 12.4. The van der Waals surface area contributed by atoms with E-state index in [0.717, 1.165) is 18.7 Å². The molecule has 1 aromatic carbocycles. The zero-order valence-electron chi connectivity index (χ0n) is 14.0. The molecule has 1 heterocycles.